The van der Waals surface area contributed by atoms with Crippen molar-refractivity contribution in [1.29, 1.82) is 0 Å². The fourth-order valence-electron chi connectivity index (χ4n) is 1.26. The van der Waals surface area contributed by atoms with Gasteiger partial charge in [-0.25, -0.2) is 8.42 Å². The summed E-state index contributed by atoms with van der Waals surface area (Å²) in [5, 5.41) is 2.83. The van der Waals surface area contributed by atoms with Crippen LogP contribution < -0.4 is 5.32 Å². The van der Waals surface area contributed by atoms with Crippen molar-refractivity contribution < 1.29 is 13.2 Å². The molecule has 1 N–H and O–H groups in total. The first kappa shape index (κ1) is 14.9. The molecule has 0 aliphatic heterocycles. The van der Waals surface area contributed by atoms with Gasteiger partial charge in [0.1, 0.15) is 0 Å². The van der Waals surface area contributed by atoms with Crippen LogP contribution in [0.4, 0.5) is 0 Å². The minimum absolute atomic E-state index is 0.286. The molecule has 1 atom stereocenters. The Labute approximate surface area is 93.3 Å². The highest BCUT2D eigenvalue weighted by Crippen LogP contribution is 2.02. The van der Waals surface area contributed by atoms with E-state index in [4.69, 9.17) is 4.74 Å². The van der Waals surface area contributed by atoms with E-state index in [0.29, 0.717) is 19.6 Å². The maximum Gasteiger partial charge on any atom is 0.154 e. The first-order valence-corrected chi connectivity index (χ1v) is 7.17. The average molecular weight is 237 g/mol. The van der Waals surface area contributed by atoms with Gasteiger partial charge in [-0.2, -0.15) is 0 Å². The monoisotopic (exact) mass is 237 g/mol. The minimum atomic E-state index is -2.90. The van der Waals surface area contributed by atoms with Crippen LogP contribution in [-0.2, 0) is 14.6 Å². The van der Waals surface area contributed by atoms with E-state index in [0.717, 1.165) is 13.0 Å². The highest BCUT2D eigenvalue weighted by Gasteiger charge is 2.18. The van der Waals surface area contributed by atoms with Gasteiger partial charge < -0.3 is 10.1 Å². The molecule has 0 bridgehead atoms. The summed E-state index contributed by atoms with van der Waals surface area (Å²) in [5.41, 5.74) is 0. The molecule has 1 unspecified atom stereocenters. The molecule has 0 aliphatic carbocycles. The molecule has 0 aromatic carbocycles. The summed E-state index contributed by atoms with van der Waals surface area (Å²) >= 11 is 0. The molecule has 0 rings (SSSR count). The van der Waals surface area contributed by atoms with Crippen LogP contribution in [0.3, 0.4) is 0 Å². The third-order valence-electron chi connectivity index (χ3n) is 2.24. The summed E-state index contributed by atoms with van der Waals surface area (Å²) in [5.74, 6) is 0.286. The summed E-state index contributed by atoms with van der Waals surface area (Å²) in [6.07, 6.45) is 1.60. The van der Waals surface area contributed by atoms with Gasteiger partial charge >= 0.3 is 0 Å². The molecule has 0 fully saturated rings. The van der Waals surface area contributed by atoms with E-state index in [9.17, 15) is 8.42 Å². The molecule has 0 heterocycles. The van der Waals surface area contributed by atoms with E-state index >= 15 is 0 Å². The molecule has 0 aromatic heterocycles. The molecule has 0 spiro atoms. The van der Waals surface area contributed by atoms with E-state index in [-0.39, 0.29) is 11.0 Å². The van der Waals surface area contributed by atoms with Gasteiger partial charge in [0, 0.05) is 20.3 Å². The lowest BCUT2D eigenvalue weighted by molar-refractivity contribution is 0.194. The lowest BCUT2D eigenvalue weighted by atomic mass is 10.4. The molecular weight excluding hydrogens is 214 g/mol. The molecule has 0 saturated heterocycles. The van der Waals surface area contributed by atoms with Crippen LogP contribution in [0.1, 0.15) is 26.7 Å². The number of ether oxygens (including phenoxy) is 1. The third kappa shape index (κ3) is 6.87. The van der Waals surface area contributed by atoms with E-state index in [1.54, 1.807) is 14.0 Å². The van der Waals surface area contributed by atoms with Crippen LogP contribution in [-0.4, -0.2) is 46.2 Å². The Bertz CT molecular complexity index is 239. The fraction of sp³-hybridized carbons (Fsp3) is 1.00. The lowest BCUT2D eigenvalue weighted by Crippen LogP contribution is -2.33. The fourth-order valence-corrected chi connectivity index (χ4v) is 2.60. The lowest BCUT2D eigenvalue weighted by Gasteiger charge is -2.13. The molecule has 5 heteroatoms. The average Bonchev–Trinajstić information content (AvgIpc) is 2.17. The second kappa shape index (κ2) is 8.07. The molecule has 0 radical (unpaired) electrons. The van der Waals surface area contributed by atoms with Crippen LogP contribution in [0.25, 0.3) is 0 Å². The van der Waals surface area contributed by atoms with Crippen molar-refractivity contribution in [3.05, 3.63) is 0 Å². The number of hydrogen-bond acceptors (Lipinski definition) is 4. The number of hydrogen-bond donors (Lipinski definition) is 1. The second-order valence-corrected chi connectivity index (χ2v) is 6.27. The predicted octanol–water partition coefficient (Wildman–Crippen LogP) is 0.826. The van der Waals surface area contributed by atoms with Crippen LogP contribution in [0, 0.1) is 0 Å². The van der Waals surface area contributed by atoms with E-state index in [1.165, 1.54) is 0 Å². The summed E-state index contributed by atoms with van der Waals surface area (Å²) in [4.78, 5) is 0. The molecular formula is C10H23NO3S. The van der Waals surface area contributed by atoms with Crippen LogP contribution in [0.5, 0.6) is 0 Å². The van der Waals surface area contributed by atoms with Gasteiger partial charge in [0.25, 0.3) is 0 Å². The first-order valence-electron chi connectivity index (χ1n) is 5.45. The summed E-state index contributed by atoms with van der Waals surface area (Å²) in [7, 11) is -1.24. The maximum atomic E-state index is 11.6. The Hall–Kier alpha value is -0.130. The van der Waals surface area contributed by atoms with E-state index in [2.05, 4.69) is 5.32 Å². The van der Waals surface area contributed by atoms with Crippen molar-refractivity contribution in [3.8, 4) is 0 Å². The molecule has 0 saturated carbocycles. The summed E-state index contributed by atoms with van der Waals surface area (Å²) in [6, 6.07) is 0. The van der Waals surface area contributed by atoms with Gasteiger partial charge in [0.05, 0.1) is 11.0 Å². The Kier molecular flexibility index (Phi) is 8.00. The molecule has 0 amide bonds. The highest BCUT2D eigenvalue weighted by atomic mass is 32.2. The van der Waals surface area contributed by atoms with Crippen molar-refractivity contribution in [1.82, 2.24) is 5.32 Å². The van der Waals surface area contributed by atoms with E-state index in [1.807, 2.05) is 6.92 Å². The maximum absolute atomic E-state index is 11.6. The number of methoxy groups -OCH3 is 1. The molecule has 0 aromatic rings. The van der Waals surface area contributed by atoms with Crippen molar-refractivity contribution >= 4 is 9.84 Å². The first-order chi connectivity index (χ1) is 7.04. The van der Waals surface area contributed by atoms with Crippen LogP contribution in [0.2, 0.25) is 0 Å². The number of nitrogens with one attached hydrogen (secondary N) is 1. The zero-order valence-electron chi connectivity index (χ0n) is 9.95. The zero-order valence-corrected chi connectivity index (χ0v) is 10.8. The van der Waals surface area contributed by atoms with Gasteiger partial charge in [-0.3, -0.25) is 0 Å². The molecule has 15 heavy (non-hydrogen) atoms. The van der Waals surface area contributed by atoms with E-state index < -0.39 is 9.84 Å². The smallest absolute Gasteiger partial charge is 0.154 e. The zero-order chi connectivity index (χ0) is 11.7. The van der Waals surface area contributed by atoms with Crippen molar-refractivity contribution in [3.63, 3.8) is 0 Å². The van der Waals surface area contributed by atoms with Gasteiger partial charge in [-0.15, -0.1) is 0 Å². The topological polar surface area (TPSA) is 55.4 Å². The van der Waals surface area contributed by atoms with Crippen LogP contribution >= 0.6 is 0 Å². The Balaban J connectivity index is 3.69. The number of sulfone groups is 1. The number of rotatable bonds is 9. The third-order valence-corrected chi connectivity index (χ3v) is 4.61. The Morgan fingerprint density at radius 3 is 2.60 bits per heavy atom. The Morgan fingerprint density at radius 2 is 2.07 bits per heavy atom. The largest absolute Gasteiger partial charge is 0.385 e. The van der Waals surface area contributed by atoms with Gasteiger partial charge in [-0.05, 0) is 26.3 Å². The van der Waals surface area contributed by atoms with Gasteiger partial charge in [0.15, 0.2) is 9.84 Å². The minimum Gasteiger partial charge on any atom is -0.385 e. The van der Waals surface area contributed by atoms with Crippen molar-refractivity contribution in [2.75, 3.05) is 32.6 Å². The second-order valence-electron chi connectivity index (χ2n) is 3.73. The quantitative estimate of drug-likeness (QED) is 0.603. The Morgan fingerprint density at radius 1 is 1.40 bits per heavy atom. The molecule has 4 nitrogen and oxygen atoms in total. The van der Waals surface area contributed by atoms with Gasteiger partial charge in [0.2, 0.25) is 0 Å². The highest BCUT2D eigenvalue weighted by molar-refractivity contribution is 7.92. The van der Waals surface area contributed by atoms with Crippen LogP contribution in [0.15, 0.2) is 0 Å². The van der Waals surface area contributed by atoms with Crippen molar-refractivity contribution in [2.45, 2.75) is 31.9 Å². The van der Waals surface area contributed by atoms with Gasteiger partial charge in [-0.1, -0.05) is 6.92 Å². The molecule has 92 valence electrons. The van der Waals surface area contributed by atoms with Crippen molar-refractivity contribution in [2.24, 2.45) is 0 Å². The SMILES string of the molecule is CCCS(=O)(=O)C(C)CNCCCOC. The standard InChI is InChI=1S/C10H23NO3S/c1-4-8-15(12,13)10(2)9-11-6-5-7-14-3/h10-11H,4-9H2,1-3H3. The summed E-state index contributed by atoms with van der Waals surface area (Å²) < 4.78 is 28.1. The normalized spacial score (nSPS) is 14.1. The summed E-state index contributed by atoms with van der Waals surface area (Å²) in [6.45, 7) is 5.69. The predicted molar refractivity (Wildman–Crippen MR) is 62.9 cm³/mol. The molecule has 0 aliphatic rings.